The van der Waals surface area contributed by atoms with E-state index >= 15 is 0 Å². The van der Waals surface area contributed by atoms with Crippen LogP contribution in [0.5, 0.6) is 5.88 Å². The number of hydrogen-bond donors (Lipinski definition) is 1. The summed E-state index contributed by atoms with van der Waals surface area (Å²) in [6, 6.07) is 8.87. The molecule has 1 atom stereocenters. The Balaban J connectivity index is 1.84. The second kappa shape index (κ2) is 4.94. The van der Waals surface area contributed by atoms with Gasteiger partial charge in [0.05, 0.1) is 0 Å². The fourth-order valence-electron chi connectivity index (χ4n) is 2.45. The van der Waals surface area contributed by atoms with Crippen LogP contribution in [0.1, 0.15) is 18.4 Å². The first-order chi connectivity index (χ1) is 8.83. The molecule has 3 rings (SSSR count). The van der Waals surface area contributed by atoms with E-state index in [1.54, 1.807) is 0 Å². The molecule has 1 saturated heterocycles. The Labute approximate surface area is 107 Å². The molecule has 0 bridgehead atoms. The van der Waals surface area contributed by atoms with E-state index in [1.807, 2.05) is 12.3 Å². The Bertz CT molecular complexity index is 547. The van der Waals surface area contributed by atoms with Crippen molar-refractivity contribution in [2.24, 2.45) is 0 Å². The highest BCUT2D eigenvalue weighted by atomic mass is 16.5. The quantitative estimate of drug-likeness (QED) is 0.898. The van der Waals surface area contributed by atoms with Crippen LogP contribution >= 0.6 is 0 Å². The molecular formula is C15H18N2O. The van der Waals surface area contributed by atoms with Crippen LogP contribution in [0, 0.1) is 6.92 Å². The van der Waals surface area contributed by atoms with Gasteiger partial charge in [-0.25, -0.2) is 4.98 Å². The summed E-state index contributed by atoms with van der Waals surface area (Å²) in [5.41, 5.74) is 1.24. The molecular weight excluding hydrogens is 224 g/mol. The van der Waals surface area contributed by atoms with Gasteiger partial charge < -0.3 is 10.1 Å². The molecule has 94 valence electrons. The van der Waals surface area contributed by atoms with Crippen LogP contribution in [-0.2, 0) is 0 Å². The molecule has 0 radical (unpaired) electrons. The summed E-state index contributed by atoms with van der Waals surface area (Å²) in [6.07, 6.45) is 4.26. The predicted octanol–water partition coefficient (Wildman–Crippen LogP) is 2.67. The highest BCUT2D eigenvalue weighted by molar-refractivity contribution is 5.87. The minimum absolute atomic E-state index is 0.479. The van der Waals surface area contributed by atoms with E-state index in [-0.39, 0.29) is 0 Å². The monoisotopic (exact) mass is 242 g/mol. The Morgan fingerprint density at radius 3 is 3.17 bits per heavy atom. The predicted molar refractivity (Wildman–Crippen MR) is 73.0 cm³/mol. The zero-order valence-corrected chi connectivity index (χ0v) is 10.6. The van der Waals surface area contributed by atoms with Gasteiger partial charge in [-0.3, -0.25) is 0 Å². The molecule has 1 aromatic heterocycles. The van der Waals surface area contributed by atoms with Gasteiger partial charge in [0.2, 0.25) is 5.88 Å². The Hall–Kier alpha value is -1.61. The fourth-order valence-corrected chi connectivity index (χ4v) is 2.45. The topological polar surface area (TPSA) is 34.1 Å². The number of aryl methyl sites for hydroxylation is 1. The minimum atomic E-state index is 0.479. The van der Waals surface area contributed by atoms with Crippen molar-refractivity contribution in [1.29, 1.82) is 0 Å². The van der Waals surface area contributed by atoms with Crippen molar-refractivity contribution in [3.8, 4) is 5.88 Å². The molecule has 1 aliphatic heterocycles. The van der Waals surface area contributed by atoms with Crippen LogP contribution in [0.15, 0.2) is 30.5 Å². The highest BCUT2D eigenvalue weighted by Gasteiger charge is 2.15. The average molecular weight is 242 g/mol. The van der Waals surface area contributed by atoms with Gasteiger partial charge in [-0.15, -0.1) is 0 Å². The first kappa shape index (κ1) is 11.5. The number of pyridine rings is 1. The normalized spacial score (nSPS) is 19.3. The molecule has 0 aliphatic carbocycles. The first-order valence-electron chi connectivity index (χ1n) is 6.54. The second-order valence-corrected chi connectivity index (χ2v) is 4.94. The first-order valence-corrected chi connectivity index (χ1v) is 6.54. The summed E-state index contributed by atoms with van der Waals surface area (Å²) in [6.45, 7) is 3.91. The molecule has 1 unspecified atom stereocenters. The van der Waals surface area contributed by atoms with Gasteiger partial charge in [-0.05, 0) is 43.8 Å². The van der Waals surface area contributed by atoms with Crippen molar-refractivity contribution in [3.05, 3.63) is 36.0 Å². The second-order valence-electron chi connectivity index (χ2n) is 4.94. The van der Waals surface area contributed by atoms with Crippen molar-refractivity contribution in [1.82, 2.24) is 10.3 Å². The SMILES string of the molecule is Cc1ccc2ccnc(OCC3CCCN3)c2c1. The molecule has 1 fully saturated rings. The van der Waals surface area contributed by atoms with Crippen LogP contribution in [-0.4, -0.2) is 24.2 Å². The van der Waals surface area contributed by atoms with Crippen molar-refractivity contribution < 1.29 is 4.74 Å². The maximum Gasteiger partial charge on any atom is 0.221 e. The van der Waals surface area contributed by atoms with Gasteiger partial charge in [0, 0.05) is 17.6 Å². The zero-order valence-electron chi connectivity index (χ0n) is 10.6. The van der Waals surface area contributed by atoms with Crippen LogP contribution in [0.2, 0.25) is 0 Å². The van der Waals surface area contributed by atoms with E-state index in [9.17, 15) is 0 Å². The fraction of sp³-hybridized carbons (Fsp3) is 0.400. The molecule has 0 saturated carbocycles. The third-order valence-electron chi connectivity index (χ3n) is 3.47. The van der Waals surface area contributed by atoms with E-state index in [2.05, 4.69) is 35.4 Å². The number of ether oxygens (including phenoxy) is 1. The van der Waals surface area contributed by atoms with Gasteiger partial charge in [0.15, 0.2) is 0 Å². The summed E-state index contributed by atoms with van der Waals surface area (Å²) < 4.78 is 5.88. The lowest BCUT2D eigenvalue weighted by molar-refractivity contribution is 0.271. The third-order valence-corrected chi connectivity index (χ3v) is 3.47. The highest BCUT2D eigenvalue weighted by Crippen LogP contribution is 2.24. The number of hydrogen-bond acceptors (Lipinski definition) is 3. The molecule has 0 spiro atoms. The Morgan fingerprint density at radius 2 is 2.33 bits per heavy atom. The standard InChI is InChI=1S/C15H18N2O/c1-11-4-5-12-6-8-17-15(14(12)9-11)18-10-13-3-2-7-16-13/h4-6,8-9,13,16H,2-3,7,10H2,1H3. The van der Waals surface area contributed by atoms with E-state index in [1.165, 1.54) is 23.8 Å². The minimum Gasteiger partial charge on any atom is -0.476 e. The summed E-state index contributed by atoms with van der Waals surface area (Å²) in [5.74, 6) is 0.755. The van der Waals surface area contributed by atoms with Crippen molar-refractivity contribution in [3.63, 3.8) is 0 Å². The van der Waals surface area contributed by atoms with Gasteiger partial charge in [-0.2, -0.15) is 0 Å². The number of nitrogens with one attached hydrogen (secondary N) is 1. The van der Waals surface area contributed by atoms with Gasteiger partial charge >= 0.3 is 0 Å². The Kier molecular flexibility index (Phi) is 3.15. The van der Waals surface area contributed by atoms with E-state index in [4.69, 9.17) is 4.74 Å². The summed E-state index contributed by atoms with van der Waals surface area (Å²) in [5, 5.41) is 5.73. The van der Waals surface area contributed by atoms with Gasteiger partial charge in [0.1, 0.15) is 6.61 Å². The van der Waals surface area contributed by atoms with Crippen molar-refractivity contribution >= 4 is 10.8 Å². The molecule has 0 amide bonds. The molecule has 1 N–H and O–H groups in total. The molecule has 1 aliphatic rings. The van der Waals surface area contributed by atoms with Gasteiger partial charge in [0.25, 0.3) is 0 Å². The summed E-state index contributed by atoms with van der Waals surface area (Å²) in [7, 11) is 0. The van der Waals surface area contributed by atoms with Crippen molar-refractivity contribution in [2.45, 2.75) is 25.8 Å². The van der Waals surface area contributed by atoms with E-state index in [0.717, 1.165) is 17.8 Å². The molecule has 3 nitrogen and oxygen atoms in total. The Morgan fingerprint density at radius 1 is 1.39 bits per heavy atom. The van der Waals surface area contributed by atoms with Crippen LogP contribution in [0.25, 0.3) is 10.8 Å². The van der Waals surface area contributed by atoms with Crippen LogP contribution < -0.4 is 10.1 Å². The lowest BCUT2D eigenvalue weighted by Crippen LogP contribution is -2.28. The average Bonchev–Trinajstić information content (AvgIpc) is 2.89. The molecule has 2 heterocycles. The van der Waals surface area contributed by atoms with Crippen LogP contribution in [0.3, 0.4) is 0 Å². The number of benzene rings is 1. The van der Waals surface area contributed by atoms with Crippen molar-refractivity contribution in [2.75, 3.05) is 13.2 Å². The van der Waals surface area contributed by atoms with Crippen LogP contribution in [0.4, 0.5) is 0 Å². The summed E-state index contributed by atoms with van der Waals surface area (Å²) in [4.78, 5) is 4.36. The largest absolute Gasteiger partial charge is 0.476 e. The number of nitrogens with zero attached hydrogens (tertiary/aromatic N) is 1. The summed E-state index contributed by atoms with van der Waals surface area (Å²) >= 11 is 0. The molecule has 1 aromatic carbocycles. The number of aromatic nitrogens is 1. The maximum atomic E-state index is 5.88. The lowest BCUT2D eigenvalue weighted by Gasteiger charge is -2.13. The zero-order chi connectivity index (χ0) is 12.4. The lowest BCUT2D eigenvalue weighted by atomic mass is 10.1. The van der Waals surface area contributed by atoms with E-state index in [0.29, 0.717) is 12.6 Å². The smallest absolute Gasteiger partial charge is 0.221 e. The molecule has 2 aromatic rings. The van der Waals surface area contributed by atoms with Gasteiger partial charge in [-0.1, -0.05) is 17.7 Å². The molecule has 3 heteroatoms. The molecule has 18 heavy (non-hydrogen) atoms. The maximum absolute atomic E-state index is 5.88. The van der Waals surface area contributed by atoms with E-state index < -0.39 is 0 Å². The number of rotatable bonds is 3. The third kappa shape index (κ3) is 2.31. The number of fused-ring (bicyclic) bond motifs is 1.